The molecule has 1 nitrogen and oxygen atoms in total. The van der Waals surface area contributed by atoms with Crippen LogP contribution in [-0.2, 0) is 12.0 Å². The Hall–Kier alpha value is -1.45. The van der Waals surface area contributed by atoms with Crippen LogP contribution >= 0.6 is 11.6 Å². The fourth-order valence-electron chi connectivity index (χ4n) is 2.09. The van der Waals surface area contributed by atoms with Crippen molar-refractivity contribution < 1.29 is 8.78 Å². The molecule has 0 amide bonds. The Morgan fingerprint density at radius 2 is 1.63 bits per heavy atom. The quantitative estimate of drug-likeness (QED) is 0.903. The zero-order valence-corrected chi connectivity index (χ0v) is 11.2. The van der Waals surface area contributed by atoms with Crippen molar-refractivity contribution in [2.75, 3.05) is 0 Å². The molecule has 0 saturated carbocycles. The van der Waals surface area contributed by atoms with Crippen LogP contribution in [0.5, 0.6) is 0 Å². The van der Waals surface area contributed by atoms with E-state index in [0.717, 1.165) is 0 Å². The Balaban J connectivity index is 2.39. The highest BCUT2D eigenvalue weighted by atomic mass is 35.5. The lowest BCUT2D eigenvalue weighted by molar-refractivity contribution is 0.455. The number of benzene rings is 2. The van der Waals surface area contributed by atoms with Crippen LogP contribution in [0.3, 0.4) is 0 Å². The third kappa shape index (κ3) is 2.94. The van der Waals surface area contributed by atoms with Crippen molar-refractivity contribution >= 4 is 11.6 Å². The van der Waals surface area contributed by atoms with Crippen molar-refractivity contribution in [2.24, 2.45) is 5.73 Å². The summed E-state index contributed by atoms with van der Waals surface area (Å²) in [6, 6.07) is 10.8. The second-order valence-electron chi connectivity index (χ2n) is 4.77. The molecule has 0 aliphatic rings. The van der Waals surface area contributed by atoms with Gasteiger partial charge in [0.2, 0.25) is 0 Å². The molecule has 4 heteroatoms. The van der Waals surface area contributed by atoms with Crippen LogP contribution in [0.25, 0.3) is 0 Å². The summed E-state index contributed by atoms with van der Waals surface area (Å²) < 4.78 is 27.3. The van der Waals surface area contributed by atoms with Crippen LogP contribution in [0, 0.1) is 11.6 Å². The van der Waals surface area contributed by atoms with Crippen LogP contribution in [0.2, 0.25) is 5.02 Å². The molecule has 0 heterocycles. The Morgan fingerprint density at radius 1 is 1.05 bits per heavy atom. The summed E-state index contributed by atoms with van der Waals surface area (Å²) in [5, 5.41) is 0.490. The van der Waals surface area contributed by atoms with E-state index in [-0.39, 0.29) is 12.0 Å². The summed E-state index contributed by atoms with van der Waals surface area (Å²) in [7, 11) is 0. The molecule has 2 aromatic rings. The second-order valence-corrected chi connectivity index (χ2v) is 5.18. The van der Waals surface area contributed by atoms with E-state index in [1.807, 2.05) is 0 Å². The number of rotatable bonds is 3. The minimum atomic E-state index is -0.943. The summed E-state index contributed by atoms with van der Waals surface area (Å²) in [5.41, 5.74) is 5.89. The molecular weight excluding hydrogens is 268 g/mol. The Kier molecular flexibility index (Phi) is 3.88. The largest absolute Gasteiger partial charge is 0.321 e. The first kappa shape index (κ1) is 14.0. The minimum Gasteiger partial charge on any atom is -0.321 e. The van der Waals surface area contributed by atoms with Crippen molar-refractivity contribution in [3.05, 3.63) is 70.2 Å². The van der Waals surface area contributed by atoms with E-state index in [4.69, 9.17) is 17.3 Å². The fourth-order valence-corrected chi connectivity index (χ4v) is 2.44. The highest BCUT2D eigenvalue weighted by molar-refractivity contribution is 6.31. The van der Waals surface area contributed by atoms with Gasteiger partial charge in [0.25, 0.3) is 0 Å². The third-order valence-electron chi connectivity index (χ3n) is 3.09. The van der Waals surface area contributed by atoms with E-state index >= 15 is 0 Å². The molecule has 19 heavy (non-hydrogen) atoms. The highest BCUT2D eigenvalue weighted by Gasteiger charge is 2.26. The lowest BCUT2D eigenvalue weighted by atomic mass is 9.86. The average Bonchev–Trinajstić information content (AvgIpc) is 2.34. The molecule has 1 atom stereocenters. The first-order chi connectivity index (χ1) is 8.92. The van der Waals surface area contributed by atoms with Crippen LogP contribution in [0.4, 0.5) is 8.78 Å². The van der Waals surface area contributed by atoms with Crippen LogP contribution < -0.4 is 5.73 Å². The van der Waals surface area contributed by atoms with Gasteiger partial charge in [-0.25, -0.2) is 8.78 Å². The predicted molar refractivity (Wildman–Crippen MR) is 73.1 cm³/mol. The van der Waals surface area contributed by atoms with E-state index in [9.17, 15) is 8.78 Å². The van der Waals surface area contributed by atoms with Gasteiger partial charge in [-0.2, -0.15) is 0 Å². The molecule has 2 N–H and O–H groups in total. The van der Waals surface area contributed by atoms with Gasteiger partial charge in [0.05, 0.1) is 0 Å². The highest BCUT2D eigenvalue weighted by Crippen LogP contribution is 2.30. The normalized spacial score (nSPS) is 14.2. The van der Waals surface area contributed by atoms with Gasteiger partial charge in [0, 0.05) is 22.5 Å². The van der Waals surface area contributed by atoms with Crippen LogP contribution in [0.1, 0.15) is 18.1 Å². The smallest absolute Gasteiger partial charge is 0.129 e. The van der Waals surface area contributed by atoms with E-state index < -0.39 is 17.2 Å². The zero-order chi connectivity index (χ0) is 14.0. The molecule has 0 bridgehead atoms. The Labute approximate surface area is 116 Å². The Bertz CT molecular complexity index is 576. The van der Waals surface area contributed by atoms with Crippen LogP contribution in [0.15, 0.2) is 42.5 Å². The van der Waals surface area contributed by atoms with E-state index in [0.29, 0.717) is 10.6 Å². The summed E-state index contributed by atoms with van der Waals surface area (Å²) in [4.78, 5) is 0. The molecular formula is C15H14ClF2N. The maximum absolute atomic E-state index is 13.7. The van der Waals surface area contributed by atoms with E-state index in [2.05, 4.69) is 0 Å². The Morgan fingerprint density at radius 3 is 2.21 bits per heavy atom. The number of halogens is 3. The third-order valence-corrected chi connectivity index (χ3v) is 3.42. The van der Waals surface area contributed by atoms with Crippen molar-refractivity contribution in [2.45, 2.75) is 18.9 Å². The number of nitrogens with two attached hydrogens (primary N) is 1. The summed E-state index contributed by atoms with van der Waals surface area (Å²) >= 11 is 6.09. The number of hydrogen-bond acceptors (Lipinski definition) is 1. The number of hydrogen-bond donors (Lipinski definition) is 1. The first-order valence-corrected chi connectivity index (χ1v) is 6.26. The van der Waals surface area contributed by atoms with Gasteiger partial charge in [0.1, 0.15) is 11.6 Å². The maximum atomic E-state index is 13.7. The zero-order valence-electron chi connectivity index (χ0n) is 10.5. The molecule has 1 unspecified atom stereocenters. The van der Waals surface area contributed by atoms with E-state index in [1.54, 1.807) is 31.2 Å². The summed E-state index contributed by atoms with van der Waals surface area (Å²) in [5.74, 6) is -1.19. The van der Waals surface area contributed by atoms with Crippen LogP contribution in [-0.4, -0.2) is 0 Å². The fraction of sp³-hybridized carbons (Fsp3) is 0.200. The summed E-state index contributed by atoms with van der Waals surface area (Å²) in [6.07, 6.45) is 0.0369. The topological polar surface area (TPSA) is 26.0 Å². The van der Waals surface area contributed by atoms with Gasteiger partial charge in [-0.15, -0.1) is 0 Å². The molecule has 0 aliphatic carbocycles. The minimum absolute atomic E-state index is 0.0209. The second kappa shape index (κ2) is 5.27. The maximum Gasteiger partial charge on any atom is 0.129 e. The van der Waals surface area contributed by atoms with Gasteiger partial charge in [-0.1, -0.05) is 35.9 Å². The van der Waals surface area contributed by atoms with Crippen molar-refractivity contribution in [1.82, 2.24) is 0 Å². The van der Waals surface area contributed by atoms with E-state index in [1.165, 1.54) is 18.2 Å². The van der Waals surface area contributed by atoms with Gasteiger partial charge >= 0.3 is 0 Å². The first-order valence-electron chi connectivity index (χ1n) is 5.88. The van der Waals surface area contributed by atoms with Gasteiger partial charge in [0.15, 0.2) is 0 Å². The molecule has 2 rings (SSSR count). The monoisotopic (exact) mass is 281 g/mol. The lowest BCUT2D eigenvalue weighted by Gasteiger charge is -2.26. The predicted octanol–water partition coefficient (Wildman–Crippen LogP) is 4.03. The van der Waals surface area contributed by atoms with Gasteiger partial charge in [-0.3, -0.25) is 0 Å². The van der Waals surface area contributed by atoms with Crippen molar-refractivity contribution in [3.8, 4) is 0 Å². The van der Waals surface area contributed by atoms with Crippen molar-refractivity contribution in [1.29, 1.82) is 0 Å². The van der Waals surface area contributed by atoms with Gasteiger partial charge < -0.3 is 5.73 Å². The molecule has 100 valence electrons. The molecule has 0 fully saturated rings. The molecule has 0 saturated heterocycles. The SMILES string of the molecule is CC(N)(Cc1c(F)cccc1F)c1ccccc1Cl. The molecule has 2 aromatic carbocycles. The van der Waals surface area contributed by atoms with Crippen molar-refractivity contribution in [3.63, 3.8) is 0 Å². The average molecular weight is 282 g/mol. The summed E-state index contributed by atoms with van der Waals surface area (Å²) in [6.45, 7) is 1.71. The molecule has 0 spiro atoms. The standard InChI is InChI=1S/C15H14ClF2N/c1-15(19,11-5-2-3-6-12(11)16)9-10-13(17)7-4-8-14(10)18/h2-8H,9,19H2,1H3. The molecule has 0 radical (unpaired) electrons. The van der Waals surface area contributed by atoms with Gasteiger partial charge in [-0.05, 0) is 30.7 Å². The molecule has 0 aliphatic heterocycles. The molecule has 0 aromatic heterocycles. The lowest BCUT2D eigenvalue weighted by Crippen LogP contribution is -2.36.